The summed E-state index contributed by atoms with van der Waals surface area (Å²) in [7, 11) is 1.31. The fourth-order valence-electron chi connectivity index (χ4n) is 0.394. The summed E-state index contributed by atoms with van der Waals surface area (Å²) < 4.78 is 4.32. The van der Waals surface area contributed by atoms with E-state index in [2.05, 4.69) is 4.74 Å². The van der Waals surface area contributed by atoms with E-state index in [1.807, 2.05) is 0 Å². The zero-order chi connectivity index (χ0) is 7.28. The molecule has 0 saturated carbocycles. The molecular weight excluding hydrogens is 120 g/mol. The Kier molecular flexibility index (Phi) is 3.67. The lowest BCUT2D eigenvalue weighted by atomic mass is 10.1. The maximum Gasteiger partial charge on any atom is 0.306 e. The molecule has 0 rings (SSSR count). The monoisotopic (exact) mass is 130 g/mol. The van der Waals surface area contributed by atoms with Gasteiger partial charge < -0.3 is 9.53 Å². The largest absolute Gasteiger partial charge is 0.469 e. The summed E-state index contributed by atoms with van der Waals surface area (Å²) in [6.07, 6.45) is 0.914. The Morgan fingerprint density at radius 2 is 2.33 bits per heavy atom. The van der Waals surface area contributed by atoms with Gasteiger partial charge in [0.1, 0.15) is 6.29 Å². The molecule has 3 heteroatoms. The van der Waals surface area contributed by atoms with Crippen LogP contribution in [0.15, 0.2) is 0 Å². The van der Waals surface area contributed by atoms with Gasteiger partial charge in [-0.05, 0) is 0 Å². The maximum atomic E-state index is 10.4. The molecule has 9 heavy (non-hydrogen) atoms. The minimum Gasteiger partial charge on any atom is -0.469 e. The van der Waals surface area contributed by atoms with Crippen molar-refractivity contribution in [3.8, 4) is 0 Å². The van der Waals surface area contributed by atoms with E-state index in [0.29, 0.717) is 0 Å². The Hall–Kier alpha value is -0.860. The molecule has 1 unspecified atom stereocenters. The zero-order valence-corrected chi connectivity index (χ0v) is 5.59. The molecule has 0 bridgehead atoms. The fraction of sp³-hybridized carbons (Fsp3) is 0.667. The highest BCUT2D eigenvalue weighted by atomic mass is 16.5. The molecule has 0 aromatic rings. The molecule has 0 N–H and O–H groups in total. The van der Waals surface area contributed by atoms with Crippen LogP contribution in [0.3, 0.4) is 0 Å². The van der Waals surface area contributed by atoms with Crippen molar-refractivity contribution in [2.24, 2.45) is 5.92 Å². The van der Waals surface area contributed by atoms with Crippen molar-refractivity contribution in [2.45, 2.75) is 13.3 Å². The van der Waals surface area contributed by atoms with E-state index in [1.165, 1.54) is 7.11 Å². The highest BCUT2D eigenvalue weighted by Gasteiger charge is 2.06. The van der Waals surface area contributed by atoms with E-state index in [4.69, 9.17) is 0 Å². The number of hydrogen-bond donors (Lipinski definition) is 0. The molecule has 0 fully saturated rings. The fourth-order valence-corrected chi connectivity index (χ4v) is 0.394. The maximum absolute atomic E-state index is 10.4. The number of carbonyl (C=O) groups excluding carboxylic acids is 2. The van der Waals surface area contributed by atoms with Gasteiger partial charge in [0.05, 0.1) is 13.5 Å². The van der Waals surface area contributed by atoms with Crippen LogP contribution in [-0.2, 0) is 14.3 Å². The number of carbonyl (C=O) groups is 2. The third-order valence-corrected chi connectivity index (χ3v) is 0.949. The van der Waals surface area contributed by atoms with E-state index in [-0.39, 0.29) is 18.3 Å². The number of methoxy groups -OCH3 is 1. The number of aldehydes is 1. The quantitative estimate of drug-likeness (QED) is 0.410. The first-order valence-electron chi connectivity index (χ1n) is 2.72. The Morgan fingerprint density at radius 1 is 1.78 bits per heavy atom. The van der Waals surface area contributed by atoms with Crippen LogP contribution in [0.2, 0.25) is 0 Å². The van der Waals surface area contributed by atoms with Crippen molar-refractivity contribution in [1.82, 2.24) is 0 Å². The first kappa shape index (κ1) is 8.14. The molecule has 0 spiro atoms. The summed E-state index contributed by atoms with van der Waals surface area (Å²) in [5, 5.41) is 0. The van der Waals surface area contributed by atoms with Crippen molar-refractivity contribution >= 4 is 12.3 Å². The molecule has 3 nitrogen and oxygen atoms in total. The Balaban J connectivity index is 3.46. The van der Waals surface area contributed by atoms with Crippen molar-refractivity contribution in [1.29, 1.82) is 0 Å². The predicted molar refractivity (Wildman–Crippen MR) is 31.9 cm³/mol. The van der Waals surface area contributed by atoms with Crippen LogP contribution in [0.5, 0.6) is 0 Å². The topological polar surface area (TPSA) is 43.4 Å². The lowest BCUT2D eigenvalue weighted by molar-refractivity contribution is -0.142. The first-order valence-corrected chi connectivity index (χ1v) is 2.72. The van der Waals surface area contributed by atoms with Crippen molar-refractivity contribution in [3.63, 3.8) is 0 Å². The Labute approximate surface area is 54.0 Å². The van der Waals surface area contributed by atoms with E-state index in [0.717, 1.165) is 6.29 Å². The Bertz CT molecular complexity index is 109. The minimum absolute atomic E-state index is 0.181. The third-order valence-electron chi connectivity index (χ3n) is 0.949. The van der Waals surface area contributed by atoms with Gasteiger partial charge in [0.15, 0.2) is 0 Å². The summed E-state index contributed by atoms with van der Waals surface area (Å²) in [6, 6.07) is 0. The number of hydrogen-bond acceptors (Lipinski definition) is 3. The number of ether oxygens (including phenoxy) is 1. The minimum atomic E-state index is -0.338. The smallest absolute Gasteiger partial charge is 0.306 e. The second-order valence-corrected chi connectivity index (χ2v) is 1.89. The van der Waals surface area contributed by atoms with Crippen LogP contribution in [0, 0.1) is 5.92 Å². The van der Waals surface area contributed by atoms with Crippen LogP contribution < -0.4 is 0 Å². The van der Waals surface area contributed by atoms with E-state index in [9.17, 15) is 9.59 Å². The molecule has 0 aromatic heterocycles. The summed E-state index contributed by atoms with van der Waals surface area (Å²) in [4.78, 5) is 20.3. The lowest BCUT2D eigenvalue weighted by Gasteiger charge is -1.98. The SMILES string of the molecule is COC(=O)CC(C)C=O. The lowest BCUT2D eigenvalue weighted by Crippen LogP contribution is -2.07. The summed E-state index contributed by atoms with van der Waals surface area (Å²) in [5.74, 6) is -0.563. The standard InChI is InChI=1S/C6H10O3/c1-5(4-7)3-6(8)9-2/h4-5H,3H2,1-2H3. The van der Waals surface area contributed by atoms with Crippen LogP contribution in [0.4, 0.5) is 0 Å². The normalized spacial score (nSPS) is 12.2. The molecular formula is C6H10O3. The second-order valence-electron chi connectivity index (χ2n) is 1.89. The van der Waals surface area contributed by atoms with Gasteiger partial charge in [-0.2, -0.15) is 0 Å². The first-order chi connectivity index (χ1) is 4.20. The van der Waals surface area contributed by atoms with Gasteiger partial charge in [-0.25, -0.2) is 0 Å². The zero-order valence-electron chi connectivity index (χ0n) is 5.59. The van der Waals surface area contributed by atoms with Gasteiger partial charge in [0.2, 0.25) is 0 Å². The molecule has 52 valence electrons. The van der Waals surface area contributed by atoms with Gasteiger partial charge in [-0.3, -0.25) is 4.79 Å². The summed E-state index contributed by atoms with van der Waals surface area (Å²) >= 11 is 0. The van der Waals surface area contributed by atoms with Gasteiger partial charge in [0, 0.05) is 5.92 Å². The molecule has 1 atom stereocenters. The average molecular weight is 130 g/mol. The number of rotatable bonds is 3. The van der Waals surface area contributed by atoms with Gasteiger partial charge in [-0.15, -0.1) is 0 Å². The van der Waals surface area contributed by atoms with Crippen molar-refractivity contribution in [2.75, 3.05) is 7.11 Å². The van der Waals surface area contributed by atoms with E-state index >= 15 is 0 Å². The Morgan fingerprint density at radius 3 is 2.67 bits per heavy atom. The molecule has 0 aliphatic carbocycles. The van der Waals surface area contributed by atoms with E-state index in [1.54, 1.807) is 6.92 Å². The molecule has 0 heterocycles. The van der Waals surface area contributed by atoms with Crippen LogP contribution in [0.1, 0.15) is 13.3 Å². The number of esters is 1. The van der Waals surface area contributed by atoms with Crippen LogP contribution >= 0.6 is 0 Å². The average Bonchev–Trinajstić information content (AvgIpc) is 1.87. The predicted octanol–water partition coefficient (Wildman–Crippen LogP) is 0.384. The molecule has 0 aliphatic rings. The molecule has 0 aromatic carbocycles. The second kappa shape index (κ2) is 4.06. The van der Waals surface area contributed by atoms with Gasteiger partial charge >= 0.3 is 5.97 Å². The van der Waals surface area contributed by atoms with Gasteiger partial charge in [-0.1, -0.05) is 6.92 Å². The molecule has 0 radical (unpaired) electrons. The van der Waals surface area contributed by atoms with Crippen molar-refractivity contribution < 1.29 is 14.3 Å². The van der Waals surface area contributed by atoms with Crippen LogP contribution in [0.25, 0.3) is 0 Å². The third kappa shape index (κ3) is 3.70. The van der Waals surface area contributed by atoms with Crippen LogP contribution in [-0.4, -0.2) is 19.4 Å². The molecule has 0 amide bonds. The summed E-state index contributed by atoms with van der Waals surface area (Å²) in [5.41, 5.74) is 0. The molecule has 0 saturated heterocycles. The highest BCUT2D eigenvalue weighted by Crippen LogP contribution is 1.97. The summed E-state index contributed by atoms with van der Waals surface area (Å²) in [6.45, 7) is 1.67. The van der Waals surface area contributed by atoms with Gasteiger partial charge in [0.25, 0.3) is 0 Å². The van der Waals surface area contributed by atoms with E-state index < -0.39 is 0 Å². The highest BCUT2D eigenvalue weighted by molar-refractivity contribution is 5.73. The molecule has 0 aliphatic heterocycles. The van der Waals surface area contributed by atoms with Crippen molar-refractivity contribution in [3.05, 3.63) is 0 Å².